The van der Waals surface area contributed by atoms with Gasteiger partial charge in [-0.1, -0.05) is 26.0 Å². The molecule has 0 aromatic heterocycles. The molecule has 2 N–H and O–H groups in total. The summed E-state index contributed by atoms with van der Waals surface area (Å²) in [6, 6.07) is 7.35. The summed E-state index contributed by atoms with van der Waals surface area (Å²) in [7, 11) is 0. The lowest BCUT2D eigenvalue weighted by Crippen LogP contribution is -2.27. The zero-order chi connectivity index (χ0) is 11.1. The average molecular weight is 206 g/mol. The van der Waals surface area contributed by atoms with Crippen LogP contribution in [-0.2, 0) is 0 Å². The first-order valence-electron chi connectivity index (χ1n) is 5.49. The summed E-state index contributed by atoms with van der Waals surface area (Å²) in [5, 5.41) is 19.1. The minimum absolute atomic E-state index is 0.0586. The van der Waals surface area contributed by atoms with Gasteiger partial charge < -0.3 is 10.2 Å². The molecule has 1 aliphatic rings. The quantitative estimate of drug-likeness (QED) is 0.741. The van der Waals surface area contributed by atoms with Crippen molar-refractivity contribution in [2.75, 3.05) is 0 Å². The smallest absolute Gasteiger partial charge is 0.115 e. The molecule has 1 aliphatic carbocycles. The largest absolute Gasteiger partial charge is 0.508 e. The topological polar surface area (TPSA) is 40.5 Å². The minimum atomic E-state index is -0.212. The lowest BCUT2D eigenvalue weighted by molar-refractivity contribution is 0.0706. The van der Waals surface area contributed by atoms with Crippen molar-refractivity contribution in [2.45, 2.75) is 38.7 Å². The molecule has 0 spiro atoms. The van der Waals surface area contributed by atoms with Crippen molar-refractivity contribution in [3.63, 3.8) is 0 Å². The number of rotatable bonds is 1. The third kappa shape index (κ3) is 1.74. The number of hydrogen-bond acceptors (Lipinski definition) is 2. The third-order valence-corrected chi connectivity index (χ3v) is 3.78. The Kier molecular flexibility index (Phi) is 2.47. The average Bonchev–Trinajstić information content (AvgIpc) is 2.44. The van der Waals surface area contributed by atoms with Crippen molar-refractivity contribution in [1.82, 2.24) is 0 Å². The summed E-state index contributed by atoms with van der Waals surface area (Å²) in [6.07, 6.45) is 1.69. The van der Waals surface area contributed by atoms with Crippen LogP contribution in [0, 0.1) is 5.41 Å². The molecule has 1 fully saturated rings. The molecule has 0 bridgehead atoms. The maximum absolute atomic E-state index is 9.89. The van der Waals surface area contributed by atoms with Crippen LogP contribution in [0.15, 0.2) is 24.3 Å². The van der Waals surface area contributed by atoms with Gasteiger partial charge in [-0.2, -0.15) is 0 Å². The number of aliphatic hydroxyl groups is 1. The lowest BCUT2D eigenvalue weighted by atomic mass is 9.76. The highest BCUT2D eigenvalue weighted by atomic mass is 16.3. The zero-order valence-electron chi connectivity index (χ0n) is 9.27. The van der Waals surface area contributed by atoms with Gasteiger partial charge in [0.25, 0.3) is 0 Å². The fourth-order valence-electron chi connectivity index (χ4n) is 2.60. The highest BCUT2D eigenvalue weighted by molar-refractivity contribution is 5.30. The molecule has 0 saturated heterocycles. The molecule has 15 heavy (non-hydrogen) atoms. The van der Waals surface area contributed by atoms with E-state index in [-0.39, 0.29) is 11.5 Å². The van der Waals surface area contributed by atoms with Crippen LogP contribution in [0.4, 0.5) is 0 Å². The lowest BCUT2D eigenvalue weighted by Gasteiger charge is -2.30. The molecule has 2 rings (SSSR count). The van der Waals surface area contributed by atoms with Gasteiger partial charge in [0.05, 0.1) is 6.10 Å². The molecule has 1 aromatic carbocycles. The molecular formula is C13H18O2. The van der Waals surface area contributed by atoms with Crippen LogP contribution in [-0.4, -0.2) is 16.3 Å². The van der Waals surface area contributed by atoms with Gasteiger partial charge in [-0.3, -0.25) is 0 Å². The number of benzene rings is 1. The third-order valence-electron chi connectivity index (χ3n) is 3.78. The summed E-state index contributed by atoms with van der Waals surface area (Å²) in [4.78, 5) is 0. The van der Waals surface area contributed by atoms with Gasteiger partial charge in [0.1, 0.15) is 5.75 Å². The Morgan fingerprint density at radius 3 is 2.20 bits per heavy atom. The van der Waals surface area contributed by atoms with E-state index in [4.69, 9.17) is 0 Å². The number of phenols is 1. The van der Waals surface area contributed by atoms with E-state index in [1.165, 1.54) is 5.56 Å². The summed E-state index contributed by atoms with van der Waals surface area (Å²) in [6.45, 7) is 4.23. The summed E-state index contributed by atoms with van der Waals surface area (Å²) in [5.74, 6) is 0.697. The van der Waals surface area contributed by atoms with Crippen LogP contribution >= 0.6 is 0 Å². The maximum Gasteiger partial charge on any atom is 0.115 e. The Labute approximate surface area is 90.6 Å². The van der Waals surface area contributed by atoms with Crippen LogP contribution in [0.1, 0.15) is 38.2 Å². The van der Waals surface area contributed by atoms with Crippen molar-refractivity contribution in [3.8, 4) is 5.75 Å². The normalized spacial score (nSPS) is 29.3. The van der Waals surface area contributed by atoms with Crippen LogP contribution in [0.2, 0.25) is 0 Å². The van der Waals surface area contributed by atoms with Crippen LogP contribution in [0.3, 0.4) is 0 Å². The second-order valence-electron chi connectivity index (χ2n) is 5.06. The Morgan fingerprint density at radius 1 is 1.13 bits per heavy atom. The predicted octanol–water partition coefficient (Wildman–Crippen LogP) is 2.66. The van der Waals surface area contributed by atoms with E-state index in [1.54, 1.807) is 12.1 Å². The number of hydrogen-bond donors (Lipinski definition) is 2. The van der Waals surface area contributed by atoms with Gasteiger partial charge in [-0.05, 0) is 41.9 Å². The SMILES string of the molecule is CC1(C)[C@H](O)CC[C@@H]1c1ccc(O)cc1. The molecule has 2 nitrogen and oxygen atoms in total. The molecule has 2 atom stereocenters. The Bertz CT molecular complexity index is 340. The van der Waals surface area contributed by atoms with E-state index in [0.717, 1.165) is 12.8 Å². The molecule has 0 radical (unpaired) electrons. The Balaban J connectivity index is 2.28. The van der Waals surface area contributed by atoms with Crippen molar-refractivity contribution in [2.24, 2.45) is 5.41 Å². The van der Waals surface area contributed by atoms with E-state index in [1.807, 2.05) is 12.1 Å². The van der Waals surface area contributed by atoms with Crippen LogP contribution < -0.4 is 0 Å². The summed E-state index contributed by atoms with van der Waals surface area (Å²) < 4.78 is 0. The Morgan fingerprint density at radius 2 is 1.73 bits per heavy atom. The van der Waals surface area contributed by atoms with Crippen molar-refractivity contribution in [1.29, 1.82) is 0 Å². The molecule has 0 heterocycles. The molecule has 0 unspecified atom stereocenters. The Hall–Kier alpha value is -1.02. The fraction of sp³-hybridized carbons (Fsp3) is 0.538. The van der Waals surface area contributed by atoms with Crippen molar-refractivity contribution in [3.05, 3.63) is 29.8 Å². The zero-order valence-corrected chi connectivity index (χ0v) is 9.27. The maximum atomic E-state index is 9.89. The molecule has 0 aliphatic heterocycles. The van der Waals surface area contributed by atoms with E-state index in [2.05, 4.69) is 13.8 Å². The van der Waals surface area contributed by atoms with Gasteiger partial charge in [0, 0.05) is 0 Å². The van der Waals surface area contributed by atoms with E-state index < -0.39 is 0 Å². The summed E-state index contributed by atoms with van der Waals surface area (Å²) >= 11 is 0. The van der Waals surface area contributed by atoms with Gasteiger partial charge in [-0.25, -0.2) is 0 Å². The van der Waals surface area contributed by atoms with Gasteiger partial charge in [0.15, 0.2) is 0 Å². The second kappa shape index (κ2) is 3.53. The van der Waals surface area contributed by atoms with E-state index in [9.17, 15) is 10.2 Å². The molecular weight excluding hydrogens is 188 g/mol. The molecule has 0 amide bonds. The van der Waals surface area contributed by atoms with Crippen molar-refractivity contribution >= 4 is 0 Å². The van der Waals surface area contributed by atoms with E-state index in [0.29, 0.717) is 11.7 Å². The first-order chi connectivity index (χ1) is 7.01. The van der Waals surface area contributed by atoms with Crippen LogP contribution in [0.5, 0.6) is 5.75 Å². The highest BCUT2D eigenvalue weighted by Gasteiger charge is 2.42. The number of aromatic hydroxyl groups is 1. The minimum Gasteiger partial charge on any atom is -0.508 e. The number of aliphatic hydroxyl groups excluding tert-OH is 1. The molecule has 1 saturated carbocycles. The second-order valence-corrected chi connectivity index (χ2v) is 5.06. The standard InChI is InChI=1S/C13H18O2/c1-13(2)11(7-8-12(13)15)9-3-5-10(14)6-4-9/h3-6,11-12,14-15H,7-8H2,1-2H3/t11-,12-/m1/s1. The van der Waals surface area contributed by atoms with Crippen LogP contribution in [0.25, 0.3) is 0 Å². The van der Waals surface area contributed by atoms with Gasteiger partial charge in [0.2, 0.25) is 0 Å². The van der Waals surface area contributed by atoms with Crippen molar-refractivity contribution < 1.29 is 10.2 Å². The molecule has 1 aromatic rings. The molecule has 82 valence electrons. The summed E-state index contributed by atoms with van der Waals surface area (Å²) in [5.41, 5.74) is 1.16. The number of phenolic OH excluding ortho intramolecular Hbond substituents is 1. The monoisotopic (exact) mass is 206 g/mol. The van der Waals surface area contributed by atoms with Gasteiger partial charge >= 0.3 is 0 Å². The first kappa shape index (κ1) is 10.5. The molecule has 2 heteroatoms. The predicted molar refractivity (Wildman–Crippen MR) is 59.9 cm³/mol. The van der Waals surface area contributed by atoms with Gasteiger partial charge in [-0.15, -0.1) is 0 Å². The first-order valence-corrected chi connectivity index (χ1v) is 5.49. The highest BCUT2D eigenvalue weighted by Crippen LogP contribution is 2.48. The van der Waals surface area contributed by atoms with E-state index >= 15 is 0 Å². The fourth-order valence-corrected chi connectivity index (χ4v) is 2.60.